The van der Waals surface area contributed by atoms with E-state index in [2.05, 4.69) is 0 Å². The van der Waals surface area contributed by atoms with Gasteiger partial charge in [-0.05, 0) is 25.2 Å². The molecule has 94 valence electrons. The van der Waals surface area contributed by atoms with Crippen molar-refractivity contribution in [2.45, 2.75) is 65.6 Å². The largest absolute Gasteiger partial charge is 0.462 e. The molecule has 3 atom stereocenters. The fourth-order valence-electron chi connectivity index (χ4n) is 2.47. The molecule has 3 heteroatoms. The van der Waals surface area contributed by atoms with Crippen molar-refractivity contribution in [3.05, 3.63) is 0 Å². The third-order valence-electron chi connectivity index (χ3n) is 3.90. The van der Waals surface area contributed by atoms with Gasteiger partial charge in [0.15, 0.2) is 0 Å². The van der Waals surface area contributed by atoms with Crippen molar-refractivity contribution in [3.8, 4) is 0 Å². The molecule has 1 N–H and O–H groups in total. The molecule has 16 heavy (non-hydrogen) atoms. The number of esters is 1. The Morgan fingerprint density at radius 3 is 2.50 bits per heavy atom. The number of rotatable bonds is 5. The van der Waals surface area contributed by atoms with Gasteiger partial charge in [-0.15, -0.1) is 0 Å². The molecule has 0 bridgehead atoms. The highest BCUT2D eigenvalue weighted by Gasteiger charge is 2.51. The summed E-state index contributed by atoms with van der Waals surface area (Å²) >= 11 is 0. The molecule has 0 spiro atoms. The summed E-state index contributed by atoms with van der Waals surface area (Å²) < 4.78 is 5.38. The van der Waals surface area contributed by atoms with E-state index in [1.54, 1.807) is 0 Å². The van der Waals surface area contributed by atoms with E-state index in [0.29, 0.717) is 12.8 Å². The third-order valence-corrected chi connectivity index (χ3v) is 3.90. The molecule has 0 aromatic carbocycles. The summed E-state index contributed by atoms with van der Waals surface area (Å²) in [5.74, 6) is 0.111. The van der Waals surface area contributed by atoms with Crippen LogP contribution in [0.25, 0.3) is 0 Å². The highest BCUT2D eigenvalue weighted by Crippen LogP contribution is 2.45. The van der Waals surface area contributed by atoms with Gasteiger partial charge < -0.3 is 9.84 Å². The van der Waals surface area contributed by atoms with E-state index in [9.17, 15) is 9.90 Å². The van der Waals surface area contributed by atoms with Crippen LogP contribution >= 0.6 is 0 Å². The summed E-state index contributed by atoms with van der Waals surface area (Å²) in [4.78, 5) is 12.0. The van der Waals surface area contributed by atoms with E-state index in [1.807, 2.05) is 27.7 Å². The molecule has 0 saturated carbocycles. The zero-order chi connectivity index (χ0) is 12.3. The maximum atomic E-state index is 12.0. The molecule has 0 aliphatic carbocycles. The van der Waals surface area contributed by atoms with Gasteiger partial charge in [0, 0.05) is 6.42 Å². The van der Waals surface area contributed by atoms with Gasteiger partial charge in [0.2, 0.25) is 0 Å². The summed E-state index contributed by atoms with van der Waals surface area (Å²) in [6.45, 7) is 8.06. The SMILES string of the molecule is CCC(O)CC1(C(C)C)CC(CC)OC1=O. The van der Waals surface area contributed by atoms with E-state index in [0.717, 1.165) is 12.8 Å². The molecule has 0 aromatic heterocycles. The Kier molecular flexibility index (Phi) is 4.36. The van der Waals surface area contributed by atoms with Crippen LogP contribution in [0.3, 0.4) is 0 Å². The van der Waals surface area contributed by atoms with E-state index in [1.165, 1.54) is 0 Å². The first-order chi connectivity index (χ1) is 7.46. The van der Waals surface area contributed by atoms with E-state index < -0.39 is 11.5 Å². The summed E-state index contributed by atoms with van der Waals surface area (Å²) in [7, 11) is 0. The normalized spacial score (nSPS) is 31.9. The van der Waals surface area contributed by atoms with Crippen LogP contribution in [0.4, 0.5) is 0 Å². The van der Waals surface area contributed by atoms with Crippen LogP contribution in [0.5, 0.6) is 0 Å². The minimum absolute atomic E-state index is 0.0407. The van der Waals surface area contributed by atoms with Gasteiger partial charge in [0.25, 0.3) is 0 Å². The van der Waals surface area contributed by atoms with Crippen LogP contribution in [0.1, 0.15) is 53.4 Å². The van der Waals surface area contributed by atoms with Gasteiger partial charge in [-0.2, -0.15) is 0 Å². The summed E-state index contributed by atoms with van der Waals surface area (Å²) in [5, 5.41) is 9.80. The maximum absolute atomic E-state index is 12.0. The average molecular weight is 228 g/mol. The quantitative estimate of drug-likeness (QED) is 0.735. The molecule has 1 aliphatic heterocycles. The molecular formula is C13H24O3. The lowest BCUT2D eigenvalue weighted by Crippen LogP contribution is -2.36. The molecule has 0 radical (unpaired) electrons. The Hall–Kier alpha value is -0.570. The topological polar surface area (TPSA) is 46.5 Å². The van der Waals surface area contributed by atoms with E-state index in [4.69, 9.17) is 4.74 Å². The Bertz CT molecular complexity index is 250. The second-order valence-corrected chi connectivity index (χ2v) is 5.22. The van der Waals surface area contributed by atoms with Crippen LogP contribution in [0.2, 0.25) is 0 Å². The van der Waals surface area contributed by atoms with Gasteiger partial charge >= 0.3 is 5.97 Å². The fraction of sp³-hybridized carbons (Fsp3) is 0.923. The summed E-state index contributed by atoms with van der Waals surface area (Å²) in [6, 6.07) is 0. The Balaban J connectivity index is 2.85. The van der Waals surface area contributed by atoms with Crippen molar-refractivity contribution in [3.63, 3.8) is 0 Å². The summed E-state index contributed by atoms with van der Waals surface area (Å²) in [5.41, 5.74) is -0.462. The molecule has 0 amide bonds. The van der Waals surface area contributed by atoms with Crippen molar-refractivity contribution >= 4 is 5.97 Å². The molecule has 0 aromatic rings. The lowest BCUT2D eigenvalue weighted by Gasteiger charge is -2.31. The number of carbonyl (C=O) groups is 1. The molecule has 3 unspecified atom stereocenters. The van der Waals surface area contributed by atoms with Crippen LogP contribution in [-0.4, -0.2) is 23.3 Å². The van der Waals surface area contributed by atoms with Crippen LogP contribution in [0, 0.1) is 11.3 Å². The van der Waals surface area contributed by atoms with E-state index >= 15 is 0 Å². The lowest BCUT2D eigenvalue weighted by atomic mass is 9.70. The average Bonchev–Trinajstić information content (AvgIpc) is 2.56. The van der Waals surface area contributed by atoms with E-state index in [-0.39, 0.29) is 18.0 Å². The molecular weight excluding hydrogens is 204 g/mol. The number of hydrogen-bond donors (Lipinski definition) is 1. The van der Waals surface area contributed by atoms with Gasteiger partial charge in [-0.25, -0.2) is 0 Å². The predicted molar refractivity (Wildman–Crippen MR) is 63.0 cm³/mol. The lowest BCUT2D eigenvalue weighted by molar-refractivity contribution is -0.152. The number of hydrogen-bond acceptors (Lipinski definition) is 3. The monoisotopic (exact) mass is 228 g/mol. The second-order valence-electron chi connectivity index (χ2n) is 5.22. The van der Waals surface area contributed by atoms with Crippen molar-refractivity contribution < 1.29 is 14.6 Å². The van der Waals surface area contributed by atoms with Gasteiger partial charge in [-0.3, -0.25) is 4.79 Å². The zero-order valence-electron chi connectivity index (χ0n) is 10.8. The van der Waals surface area contributed by atoms with Gasteiger partial charge in [0.05, 0.1) is 11.5 Å². The smallest absolute Gasteiger partial charge is 0.312 e. The number of aliphatic hydroxyl groups excluding tert-OH is 1. The standard InChI is InChI=1S/C13H24O3/c1-5-10(14)7-13(9(3)4)8-11(6-2)16-12(13)15/h9-11,14H,5-8H2,1-4H3. The molecule has 1 rings (SSSR count). The summed E-state index contributed by atoms with van der Waals surface area (Å²) in [6.07, 6.45) is 2.50. The Morgan fingerprint density at radius 2 is 2.12 bits per heavy atom. The zero-order valence-corrected chi connectivity index (χ0v) is 10.8. The van der Waals surface area contributed by atoms with Crippen LogP contribution in [-0.2, 0) is 9.53 Å². The third kappa shape index (κ3) is 2.40. The van der Waals surface area contributed by atoms with Crippen molar-refractivity contribution in [1.29, 1.82) is 0 Å². The van der Waals surface area contributed by atoms with Crippen molar-refractivity contribution in [2.24, 2.45) is 11.3 Å². The molecule has 3 nitrogen and oxygen atoms in total. The number of ether oxygens (including phenoxy) is 1. The van der Waals surface area contributed by atoms with Gasteiger partial charge in [-0.1, -0.05) is 27.7 Å². The number of cyclic esters (lactones) is 1. The molecule has 1 aliphatic rings. The van der Waals surface area contributed by atoms with Crippen LogP contribution < -0.4 is 0 Å². The Labute approximate surface area is 98.2 Å². The predicted octanol–water partition coefficient (Wildman–Crippen LogP) is 2.52. The highest BCUT2D eigenvalue weighted by atomic mass is 16.6. The van der Waals surface area contributed by atoms with Crippen molar-refractivity contribution in [1.82, 2.24) is 0 Å². The minimum Gasteiger partial charge on any atom is -0.462 e. The maximum Gasteiger partial charge on any atom is 0.312 e. The van der Waals surface area contributed by atoms with Gasteiger partial charge in [0.1, 0.15) is 6.10 Å². The number of carbonyl (C=O) groups excluding carboxylic acids is 1. The van der Waals surface area contributed by atoms with Crippen molar-refractivity contribution in [2.75, 3.05) is 0 Å². The van der Waals surface area contributed by atoms with Crippen LogP contribution in [0.15, 0.2) is 0 Å². The second kappa shape index (κ2) is 5.17. The number of aliphatic hydroxyl groups is 1. The molecule has 1 heterocycles. The highest BCUT2D eigenvalue weighted by molar-refractivity contribution is 5.79. The minimum atomic E-state index is -0.462. The Morgan fingerprint density at radius 1 is 1.50 bits per heavy atom. The molecule has 1 saturated heterocycles. The fourth-order valence-corrected chi connectivity index (χ4v) is 2.47. The first kappa shape index (κ1) is 13.5. The first-order valence-electron chi connectivity index (χ1n) is 6.35. The molecule has 1 fully saturated rings. The first-order valence-corrected chi connectivity index (χ1v) is 6.35.